The first-order valence-electron chi connectivity index (χ1n) is 6.31. The van der Waals surface area contributed by atoms with Crippen molar-refractivity contribution < 1.29 is 13.9 Å². The normalized spacial score (nSPS) is 9.71. The lowest BCUT2D eigenvalue weighted by Gasteiger charge is -2.07. The Balaban J connectivity index is 1.83. The fraction of sp³-hybridized carbons (Fsp3) is 0.125. The predicted molar refractivity (Wildman–Crippen MR) is 76.3 cm³/mol. The van der Waals surface area contributed by atoms with E-state index in [2.05, 4.69) is 11.4 Å². The van der Waals surface area contributed by atoms with E-state index in [0.29, 0.717) is 17.9 Å². The number of hydrogen-bond acceptors (Lipinski definition) is 3. The Morgan fingerprint density at radius 1 is 1.14 bits per heavy atom. The van der Waals surface area contributed by atoms with Gasteiger partial charge >= 0.3 is 0 Å². The van der Waals surface area contributed by atoms with Crippen molar-refractivity contribution in [1.82, 2.24) is 0 Å². The van der Waals surface area contributed by atoms with Crippen molar-refractivity contribution >= 4 is 11.6 Å². The van der Waals surface area contributed by atoms with Crippen LogP contribution in [0.15, 0.2) is 48.5 Å². The van der Waals surface area contributed by atoms with Gasteiger partial charge in [0.15, 0.2) is 6.61 Å². The first-order chi connectivity index (χ1) is 10.2. The highest BCUT2D eigenvalue weighted by Crippen LogP contribution is 2.13. The van der Waals surface area contributed by atoms with E-state index in [4.69, 9.17) is 10.00 Å². The van der Waals surface area contributed by atoms with Crippen molar-refractivity contribution in [2.24, 2.45) is 0 Å². The quantitative estimate of drug-likeness (QED) is 0.918. The molecule has 2 rings (SSSR count). The highest BCUT2D eigenvalue weighted by Gasteiger charge is 2.04. The Morgan fingerprint density at radius 2 is 1.81 bits per heavy atom. The van der Waals surface area contributed by atoms with Crippen molar-refractivity contribution in [1.29, 1.82) is 5.26 Å². The van der Waals surface area contributed by atoms with Crippen molar-refractivity contribution in [2.75, 3.05) is 11.9 Å². The lowest BCUT2D eigenvalue weighted by Crippen LogP contribution is -2.20. The van der Waals surface area contributed by atoms with Gasteiger partial charge in [-0.05, 0) is 42.0 Å². The number of nitrogens with zero attached hydrogens (tertiary/aromatic N) is 1. The average Bonchev–Trinajstić information content (AvgIpc) is 2.49. The molecule has 0 atom stereocenters. The third-order valence-electron chi connectivity index (χ3n) is 2.70. The average molecular weight is 284 g/mol. The number of nitriles is 1. The van der Waals surface area contributed by atoms with Crippen LogP contribution in [-0.2, 0) is 11.2 Å². The van der Waals surface area contributed by atoms with E-state index in [1.54, 1.807) is 24.3 Å². The summed E-state index contributed by atoms with van der Waals surface area (Å²) >= 11 is 0. The van der Waals surface area contributed by atoms with Crippen LogP contribution in [0.4, 0.5) is 10.1 Å². The molecular weight excluding hydrogens is 271 g/mol. The first-order valence-corrected chi connectivity index (χ1v) is 6.31. The second kappa shape index (κ2) is 7.06. The summed E-state index contributed by atoms with van der Waals surface area (Å²) in [5, 5.41) is 11.2. The van der Waals surface area contributed by atoms with Crippen molar-refractivity contribution in [3.05, 3.63) is 59.9 Å². The van der Waals surface area contributed by atoms with Gasteiger partial charge in [-0.25, -0.2) is 4.39 Å². The van der Waals surface area contributed by atoms with Crippen LogP contribution >= 0.6 is 0 Å². The third-order valence-corrected chi connectivity index (χ3v) is 2.70. The highest BCUT2D eigenvalue weighted by molar-refractivity contribution is 5.91. The summed E-state index contributed by atoms with van der Waals surface area (Å²) in [5.74, 6) is -0.143. The lowest BCUT2D eigenvalue weighted by atomic mass is 10.2. The van der Waals surface area contributed by atoms with Crippen LogP contribution in [0.5, 0.6) is 5.75 Å². The summed E-state index contributed by atoms with van der Waals surface area (Å²) in [4.78, 5) is 11.7. The number of anilines is 1. The van der Waals surface area contributed by atoms with Gasteiger partial charge in [-0.3, -0.25) is 4.79 Å². The highest BCUT2D eigenvalue weighted by atomic mass is 19.1. The summed E-state index contributed by atoms with van der Waals surface area (Å²) < 4.78 is 18.1. The van der Waals surface area contributed by atoms with Gasteiger partial charge in [0.25, 0.3) is 5.91 Å². The van der Waals surface area contributed by atoms with E-state index in [1.807, 2.05) is 0 Å². The molecule has 0 spiro atoms. The zero-order valence-electron chi connectivity index (χ0n) is 11.2. The largest absolute Gasteiger partial charge is 0.484 e. The minimum Gasteiger partial charge on any atom is -0.484 e. The van der Waals surface area contributed by atoms with Crippen LogP contribution in [0.2, 0.25) is 0 Å². The van der Waals surface area contributed by atoms with Gasteiger partial charge in [-0.15, -0.1) is 0 Å². The van der Waals surface area contributed by atoms with Crippen molar-refractivity contribution in [3.8, 4) is 11.8 Å². The SMILES string of the molecule is N#CCc1ccc(OCC(=O)Nc2ccc(F)cc2)cc1. The van der Waals surface area contributed by atoms with E-state index in [0.717, 1.165) is 5.56 Å². The zero-order chi connectivity index (χ0) is 15.1. The second-order valence-electron chi connectivity index (χ2n) is 4.32. The summed E-state index contributed by atoms with van der Waals surface area (Å²) in [5.41, 5.74) is 1.40. The maximum absolute atomic E-state index is 12.7. The number of ether oxygens (including phenoxy) is 1. The summed E-state index contributed by atoms with van der Waals surface area (Å²) in [6, 6.07) is 14.5. The molecule has 0 bridgehead atoms. The molecule has 0 saturated carbocycles. The van der Waals surface area contributed by atoms with Gasteiger partial charge in [0.05, 0.1) is 12.5 Å². The summed E-state index contributed by atoms with van der Waals surface area (Å²) in [6.07, 6.45) is 0.339. The molecule has 0 radical (unpaired) electrons. The fourth-order valence-corrected chi connectivity index (χ4v) is 1.67. The van der Waals surface area contributed by atoms with Gasteiger partial charge in [-0.1, -0.05) is 12.1 Å². The fourth-order valence-electron chi connectivity index (χ4n) is 1.67. The van der Waals surface area contributed by atoms with Gasteiger partial charge in [-0.2, -0.15) is 5.26 Å². The minimum absolute atomic E-state index is 0.144. The molecule has 1 N–H and O–H groups in total. The number of carbonyl (C=O) groups is 1. The van der Waals surface area contributed by atoms with Crippen LogP contribution < -0.4 is 10.1 Å². The summed E-state index contributed by atoms with van der Waals surface area (Å²) in [7, 11) is 0. The van der Waals surface area contributed by atoms with Gasteiger partial charge in [0.2, 0.25) is 0 Å². The number of halogens is 1. The lowest BCUT2D eigenvalue weighted by molar-refractivity contribution is -0.118. The Hall–Kier alpha value is -2.87. The topological polar surface area (TPSA) is 62.1 Å². The minimum atomic E-state index is -0.360. The molecular formula is C16H13FN2O2. The molecule has 1 amide bonds. The summed E-state index contributed by atoms with van der Waals surface area (Å²) in [6.45, 7) is -0.144. The molecule has 0 aliphatic carbocycles. The third kappa shape index (κ3) is 4.62. The Labute approximate surface area is 121 Å². The first kappa shape index (κ1) is 14.5. The van der Waals surface area contributed by atoms with Crippen LogP contribution in [0.25, 0.3) is 0 Å². The molecule has 0 aliphatic rings. The number of hydrogen-bond donors (Lipinski definition) is 1. The molecule has 0 saturated heterocycles. The molecule has 106 valence electrons. The molecule has 2 aromatic rings. The molecule has 0 aromatic heterocycles. The van der Waals surface area contributed by atoms with Crippen LogP contribution in [0, 0.1) is 17.1 Å². The number of carbonyl (C=O) groups excluding carboxylic acids is 1. The second-order valence-corrected chi connectivity index (χ2v) is 4.32. The Bertz CT molecular complexity index is 645. The molecule has 0 heterocycles. The maximum atomic E-state index is 12.7. The maximum Gasteiger partial charge on any atom is 0.262 e. The standard InChI is InChI=1S/C16H13FN2O2/c17-13-3-5-14(6-4-13)19-16(20)11-21-15-7-1-12(2-8-15)9-10-18/h1-8H,9,11H2,(H,19,20). The number of amides is 1. The Kier molecular flexibility index (Phi) is 4.89. The van der Waals surface area contributed by atoms with Crippen molar-refractivity contribution in [2.45, 2.75) is 6.42 Å². The molecule has 0 fully saturated rings. The van der Waals surface area contributed by atoms with Crippen LogP contribution in [0.3, 0.4) is 0 Å². The molecule has 5 heteroatoms. The van der Waals surface area contributed by atoms with Gasteiger partial charge < -0.3 is 10.1 Å². The Morgan fingerprint density at radius 3 is 2.43 bits per heavy atom. The van der Waals surface area contributed by atoms with E-state index in [9.17, 15) is 9.18 Å². The molecule has 2 aromatic carbocycles. The van der Waals surface area contributed by atoms with Gasteiger partial charge in [0.1, 0.15) is 11.6 Å². The predicted octanol–water partition coefficient (Wildman–Crippen LogP) is 2.91. The van der Waals surface area contributed by atoms with E-state index in [-0.39, 0.29) is 18.3 Å². The molecule has 0 unspecified atom stereocenters. The van der Waals surface area contributed by atoms with E-state index in [1.165, 1.54) is 24.3 Å². The van der Waals surface area contributed by atoms with Gasteiger partial charge in [0, 0.05) is 5.69 Å². The van der Waals surface area contributed by atoms with E-state index < -0.39 is 0 Å². The zero-order valence-corrected chi connectivity index (χ0v) is 11.2. The van der Waals surface area contributed by atoms with Crippen LogP contribution in [0.1, 0.15) is 5.56 Å². The smallest absolute Gasteiger partial charge is 0.262 e. The molecule has 4 nitrogen and oxygen atoms in total. The number of benzene rings is 2. The van der Waals surface area contributed by atoms with Crippen molar-refractivity contribution in [3.63, 3.8) is 0 Å². The van der Waals surface area contributed by atoms with Crippen LogP contribution in [-0.4, -0.2) is 12.5 Å². The number of rotatable bonds is 5. The van der Waals surface area contributed by atoms with E-state index >= 15 is 0 Å². The molecule has 21 heavy (non-hydrogen) atoms. The monoisotopic (exact) mass is 284 g/mol. The number of nitrogens with one attached hydrogen (secondary N) is 1. The molecule has 0 aliphatic heterocycles.